The lowest BCUT2D eigenvalue weighted by Crippen LogP contribution is -2.74. The van der Waals surface area contributed by atoms with Gasteiger partial charge in [-0.25, -0.2) is 0 Å². The molecule has 0 saturated carbocycles. The summed E-state index contributed by atoms with van der Waals surface area (Å²) < 4.78 is 2.70. The molecule has 0 atom stereocenters. The fourth-order valence-corrected chi connectivity index (χ4v) is 31.6. The van der Waals surface area contributed by atoms with Crippen LogP contribution in [0.25, 0.3) is 172 Å². The van der Waals surface area contributed by atoms with Gasteiger partial charge in [-0.15, -0.1) is 11.3 Å². The van der Waals surface area contributed by atoms with Gasteiger partial charge in [0, 0.05) is 20.2 Å². The van der Waals surface area contributed by atoms with E-state index in [9.17, 15) is 0 Å². The molecule has 1 aromatic heterocycles. The third-order valence-electron chi connectivity index (χ3n) is 26.2. The maximum absolute atomic E-state index is 2.84. The lowest BCUT2D eigenvalue weighted by Gasteiger charge is -2.35. The molecule has 25 aromatic rings. The molecular weight excluding hydrogens is 1530 g/mol. The Hall–Kier alpha value is -14.9. The van der Waals surface area contributed by atoms with Crippen molar-refractivity contribution < 1.29 is 0 Å². The van der Waals surface area contributed by atoms with Gasteiger partial charge in [-0.1, -0.05) is 467 Å². The number of hydrogen-bond donors (Lipinski definition) is 0. The van der Waals surface area contributed by atoms with E-state index in [0.29, 0.717) is 0 Å². The molecule has 0 aliphatic heterocycles. The number of benzene rings is 24. The van der Waals surface area contributed by atoms with Crippen LogP contribution in [-0.4, -0.2) is 16.1 Å². The van der Waals surface area contributed by atoms with E-state index in [0.717, 1.165) is 0 Å². The van der Waals surface area contributed by atoms with Crippen LogP contribution < -0.4 is 41.5 Å². The molecule has 0 aliphatic rings. The van der Waals surface area contributed by atoms with Crippen molar-refractivity contribution >= 4 is 218 Å². The second kappa shape index (κ2) is 30.7. The van der Waals surface area contributed by atoms with Crippen LogP contribution in [0.3, 0.4) is 0 Å². The number of fused-ring (bicyclic) bond motifs is 27. The Balaban J connectivity index is 0.000000108. The molecule has 25 rings (SSSR count). The number of hydrogen-bond acceptors (Lipinski definition) is 1. The van der Waals surface area contributed by atoms with Gasteiger partial charge in [0.1, 0.15) is 0 Å². The maximum atomic E-state index is 2.54. The van der Waals surface area contributed by atoms with Crippen LogP contribution in [0.1, 0.15) is 0 Å². The van der Waals surface area contributed by atoms with Gasteiger partial charge in [0.05, 0.1) is 0 Å². The summed E-state index contributed by atoms with van der Waals surface area (Å²) in [7, 11) is -5.42. The molecule has 0 nitrogen and oxygen atoms in total. The van der Waals surface area contributed by atoms with Crippen LogP contribution in [0.2, 0.25) is 0 Å². The first-order valence-corrected chi connectivity index (χ1v) is 47.5. The zero-order valence-corrected chi connectivity index (χ0v) is 70.4. The highest BCUT2D eigenvalue weighted by molar-refractivity contribution is 7.26. The van der Waals surface area contributed by atoms with Crippen molar-refractivity contribution in [1.82, 2.24) is 0 Å². The summed E-state index contributed by atoms with van der Waals surface area (Å²) in [6.45, 7) is 0. The Labute approximate surface area is 720 Å². The van der Waals surface area contributed by atoms with Gasteiger partial charge in [0.25, 0.3) is 0 Å². The van der Waals surface area contributed by atoms with Crippen LogP contribution >= 0.6 is 11.3 Å². The van der Waals surface area contributed by atoms with Gasteiger partial charge < -0.3 is 0 Å². The minimum Gasteiger partial charge on any atom is -0.135 e. The first-order valence-electron chi connectivity index (χ1n) is 42.7. The predicted octanol–water partition coefficient (Wildman–Crippen LogP) is 27.4. The predicted molar refractivity (Wildman–Crippen MR) is 540 cm³/mol. The average Bonchev–Trinajstić information content (AvgIpc) is 0.818. The van der Waals surface area contributed by atoms with Gasteiger partial charge in [-0.2, -0.15) is 0 Å². The van der Waals surface area contributed by atoms with E-state index >= 15 is 0 Å². The summed E-state index contributed by atoms with van der Waals surface area (Å²) in [6.07, 6.45) is 0. The lowest BCUT2D eigenvalue weighted by molar-refractivity contribution is 1.63. The van der Waals surface area contributed by atoms with Crippen molar-refractivity contribution in [3.05, 3.63) is 485 Å². The number of rotatable bonds is 10. The Kier molecular flexibility index (Phi) is 18.3. The molecule has 0 N–H and O–H groups in total. The topological polar surface area (TPSA) is 0 Å². The van der Waals surface area contributed by atoms with Crippen LogP contribution in [0, 0.1) is 0 Å². The molecule has 0 unspecified atom stereocenters. The Bertz CT molecular complexity index is 8000. The van der Waals surface area contributed by atoms with E-state index in [1.165, 1.54) is 213 Å². The smallest absolute Gasteiger partial charge is 0.135 e. The highest BCUT2D eigenvalue weighted by Gasteiger charge is 2.43. The molecule has 574 valence electrons. The minimum atomic E-state index is -2.84. The van der Waals surface area contributed by atoms with Crippen LogP contribution in [0.5, 0.6) is 0 Å². The van der Waals surface area contributed by atoms with Crippen molar-refractivity contribution in [3.8, 4) is 22.3 Å². The molecule has 24 aromatic carbocycles. The maximum Gasteiger partial charge on any atom is 0.179 e. The molecular formula is C120H80SSi2. The fraction of sp³-hybridized carbons (Fsp3) is 0. The number of thiophene rings is 1. The summed E-state index contributed by atoms with van der Waals surface area (Å²) in [5, 5.41) is 45.3. The summed E-state index contributed by atoms with van der Waals surface area (Å²) in [6, 6.07) is 180. The molecule has 0 aliphatic carbocycles. The first-order chi connectivity index (χ1) is 61.0. The first kappa shape index (κ1) is 73.2. The molecule has 1 heterocycles. The van der Waals surface area contributed by atoms with Gasteiger partial charge in [-0.05, 0) is 211 Å². The van der Waals surface area contributed by atoms with Crippen molar-refractivity contribution in [1.29, 1.82) is 0 Å². The summed E-state index contributed by atoms with van der Waals surface area (Å²) >= 11 is 1.89. The zero-order valence-electron chi connectivity index (χ0n) is 67.6. The molecule has 3 heteroatoms. The SMILES string of the molecule is c1cc(-c2ccc3c4ccccc4c4ccccc4c3c2)cc(-c2cccc3c2sc2ccccc23)c1.c1ccc([Si](c2ccccc2)(c2ccc3c4ccccc4c4ccccc4c3c2)c2ccc3c4ccccc4c4ccccc4c3c2)cc1.c1ccc([Si](c2ccccc2)(c2ccccc2)c2ccc3c4ccccc4c4ccccc4c3c2)cc1. The molecule has 0 bridgehead atoms. The molecule has 0 radical (unpaired) electrons. The van der Waals surface area contributed by atoms with Crippen molar-refractivity contribution in [3.63, 3.8) is 0 Å². The van der Waals surface area contributed by atoms with Crippen LogP contribution in [0.4, 0.5) is 0 Å². The van der Waals surface area contributed by atoms with Crippen molar-refractivity contribution in [2.75, 3.05) is 0 Å². The molecule has 0 fully saturated rings. The van der Waals surface area contributed by atoms with E-state index in [1.54, 1.807) is 0 Å². The molecule has 123 heavy (non-hydrogen) atoms. The molecule has 0 saturated heterocycles. The lowest BCUT2D eigenvalue weighted by atomic mass is 9.91. The second-order valence-corrected chi connectivity index (χ2v) is 41.3. The summed E-state index contributed by atoms with van der Waals surface area (Å²) in [5.41, 5.74) is 5.06. The van der Waals surface area contributed by atoms with Crippen molar-refractivity contribution in [2.45, 2.75) is 0 Å². The summed E-state index contributed by atoms with van der Waals surface area (Å²) in [5.74, 6) is 0. The largest absolute Gasteiger partial charge is 0.179 e. The quantitative estimate of drug-likeness (QED) is 0.0727. The van der Waals surface area contributed by atoms with E-state index in [-0.39, 0.29) is 0 Å². The fourth-order valence-electron chi connectivity index (χ4n) is 20.8. The van der Waals surface area contributed by atoms with Gasteiger partial charge in [-0.3, -0.25) is 0 Å². The normalized spacial score (nSPS) is 11.9. The van der Waals surface area contributed by atoms with Gasteiger partial charge in [0.15, 0.2) is 16.1 Å². The van der Waals surface area contributed by atoms with Crippen molar-refractivity contribution in [2.24, 2.45) is 0 Å². The van der Waals surface area contributed by atoms with Crippen LogP contribution in [0.15, 0.2) is 485 Å². The highest BCUT2D eigenvalue weighted by Crippen LogP contribution is 2.44. The molecule has 0 spiro atoms. The Morgan fingerprint density at radius 2 is 0.341 bits per heavy atom. The second-order valence-electron chi connectivity index (χ2n) is 32.6. The van der Waals surface area contributed by atoms with E-state index in [1.807, 2.05) is 11.3 Å². The third-order valence-corrected chi connectivity index (χ3v) is 37.0. The summed E-state index contributed by atoms with van der Waals surface area (Å²) in [4.78, 5) is 0. The highest BCUT2D eigenvalue weighted by atomic mass is 32.1. The third kappa shape index (κ3) is 12.1. The van der Waals surface area contributed by atoms with Gasteiger partial charge >= 0.3 is 0 Å². The Morgan fingerprint density at radius 3 is 0.659 bits per heavy atom. The van der Waals surface area contributed by atoms with E-state index < -0.39 is 16.1 Å². The standard InChI is InChI=1S/C48H32Si.C36H22S.C36H26Si/c1-3-15-33(16-4-1)49(34-17-5-2-6-18-34,35-27-29-45-41-23-9-7-19-37(41)39-21-11-13-25-43(39)47(45)31-35)36-28-30-46-42-24-10-8-20-38(42)40-22-12-14-26-44(40)48(46)32-36;1-2-13-29-27(11-1)28-12-3-4-14-30(28)34-22-24(19-20-31(29)34)23-9-7-10-25(21-23)26-16-8-17-33-32-15-5-6-18-35(32)37-36(26)33;1-4-14-27(15-5-1)37(28-16-6-2-7-17-28,29-18-8-3-9-19-29)30-24-25-35-33-22-11-10-20-31(33)32-21-12-13-23-34(32)36(35)26-30/h1-32H;1-22H;1-26H. The Morgan fingerprint density at radius 1 is 0.122 bits per heavy atom. The van der Waals surface area contributed by atoms with Gasteiger partial charge in [0.2, 0.25) is 0 Å². The monoisotopic (exact) mass is 1610 g/mol. The minimum absolute atomic E-state index is 1.25. The van der Waals surface area contributed by atoms with Crippen LogP contribution in [-0.2, 0) is 0 Å². The average molecular weight is 1610 g/mol. The van der Waals surface area contributed by atoms with E-state index in [4.69, 9.17) is 0 Å². The zero-order chi connectivity index (χ0) is 81.4. The molecule has 0 amide bonds. The van der Waals surface area contributed by atoms with E-state index in [2.05, 4.69) is 485 Å².